The lowest BCUT2D eigenvalue weighted by atomic mass is 10.1. The lowest BCUT2D eigenvalue weighted by Gasteiger charge is -2.44. The standard InChI is InChI=1S/C21H34O4S/c1-21(2,3)26(5,6)25-19-13-9-7-11-17(19)15-16-18(22)12-8-10-14-20(23)24-4/h7,9,11,13,15-16,18,22H,8,10,12,14H2,1-6H3/b16-15+. The molecule has 0 fully saturated rings. The van der Waals surface area contributed by atoms with E-state index in [0.29, 0.717) is 12.8 Å². The Hall–Kier alpha value is -1.46. The maximum atomic E-state index is 11.1. The van der Waals surface area contributed by atoms with Gasteiger partial charge in [-0.05, 0) is 58.6 Å². The summed E-state index contributed by atoms with van der Waals surface area (Å²) in [5.74, 6) is 0.640. The number of esters is 1. The van der Waals surface area contributed by atoms with Crippen LogP contribution in [0.5, 0.6) is 5.75 Å². The molecule has 1 aromatic carbocycles. The Balaban J connectivity index is 2.67. The Morgan fingerprint density at radius 3 is 2.50 bits per heavy atom. The number of carbonyl (C=O) groups excluding carboxylic acids is 1. The minimum atomic E-state index is -1.28. The Kier molecular flexibility index (Phi) is 8.71. The van der Waals surface area contributed by atoms with Crippen molar-refractivity contribution in [1.29, 1.82) is 0 Å². The summed E-state index contributed by atoms with van der Waals surface area (Å²) >= 11 is 0. The summed E-state index contributed by atoms with van der Waals surface area (Å²) in [5, 5.41) is 10.1. The van der Waals surface area contributed by atoms with Crippen molar-refractivity contribution >= 4 is 22.4 Å². The van der Waals surface area contributed by atoms with Gasteiger partial charge in [0, 0.05) is 16.7 Å². The van der Waals surface area contributed by atoms with Gasteiger partial charge in [0.05, 0.1) is 13.2 Å². The van der Waals surface area contributed by atoms with Crippen LogP contribution >= 0.6 is 10.3 Å². The van der Waals surface area contributed by atoms with Crippen LogP contribution in [0.2, 0.25) is 0 Å². The van der Waals surface area contributed by atoms with Crippen molar-refractivity contribution in [3.8, 4) is 5.75 Å². The zero-order chi connectivity index (χ0) is 19.8. The number of benzene rings is 1. The van der Waals surface area contributed by atoms with Gasteiger partial charge in [-0.3, -0.25) is 4.79 Å². The number of rotatable bonds is 9. The monoisotopic (exact) mass is 382 g/mol. The van der Waals surface area contributed by atoms with E-state index in [1.807, 2.05) is 30.3 Å². The number of hydrogen-bond donors (Lipinski definition) is 1. The van der Waals surface area contributed by atoms with Crippen molar-refractivity contribution in [1.82, 2.24) is 0 Å². The number of para-hydroxylation sites is 1. The van der Waals surface area contributed by atoms with Crippen LogP contribution in [0.15, 0.2) is 30.3 Å². The molecule has 0 aliphatic heterocycles. The van der Waals surface area contributed by atoms with Gasteiger partial charge in [0.15, 0.2) is 0 Å². The van der Waals surface area contributed by atoms with Crippen molar-refractivity contribution in [2.45, 2.75) is 57.3 Å². The van der Waals surface area contributed by atoms with Crippen molar-refractivity contribution in [2.24, 2.45) is 0 Å². The van der Waals surface area contributed by atoms with E-state index in [4.69, 9.17) is 4.18 Å². The Morgan fingerprint density at radius 1 is 1.23 bits per heavy atom. The molecule has 0 aliphatic carbocycles. The van der Waals surface area contributed by atoms with Crippen LogP contribution in [0.4, 0.5) is 0 Å². The van der Waals surface area contributed by atoms with E-state index in [-0.39, 0.29) is 10.7 Å². The van der Waals surface area contributed by atoms with Gasteiger partial charge in [-0.1, -0.05) is 40.7 Å². The molecule has 1 rings (SSSR count). The minimum absolute atomic E-state index is 0.0724. The molecule has 0 amide bonds. The number of aliphatic hydroxyl groups is 1. The molecule has 1 N–H and O–H groups in total. The summed E-state index contributed by atoms with van der Waals surface area (Å²) in [7, 11) is 0.111. The molecule has 4 nitrogen and oxygen atoms in total. The van der Waals surface area contributed by atoms with Gasteiger partial charge in [-0.2, -0.15) is 0 Å². The van der Waals surface area contributed by atoms with Crippen molar-refractivity contribution in [2.75, 3.05) is 19.6 Å². The van der Waals surface area contributed by atoms with Crippen molar-refractivity contribution < 1.29 is 18.8 Å². The van der Waals surface area contributed by atoms with E-state index < -0.39 is 16.4 Å². The van der Waals surface area contributed by atoms with Crippen molar-refractivity contribution in [3.63, 3.8) is 0 Å². The van der Waals surface area contributed by atoms with Crippen LogP contribution in [0.3, 0.4) is 0 Å². The van der Waals surface area contributed by atoms with E-state index in [1.165, 1.54) is 7.11 Å². The third-order valence-corrected chi connectivity index (χ3v) is 8.09. The van der Waals surface area contributed by atoms with E-state index >= 15 is 0 Å². The maximum Gasteiger partial charge on any atom is 0.305 e. The molecule has 1 atom stereocenters. The molecule has 0 saturated carbocycles. The van der Waals surface area contributed by atoms with Gasteiger partial charge in [0.1, 0.15) is 5.75 Å². The van der Waals surface area contributed by atoms with E-state index in [9.17, 15) is 9.90 Å². The van der Waals surface area contributed by atoms with Crippen molar-refractivity contribution in [3.05, 3.63) is 35.9 Å². The third-order valence-electron chi connectivity index (χ3n) is 4.55. The molecule has 148 valence electrons. The molecule has 1 unspecified atom stereocenters. The average molecular weight is 383 g/mol. The summed E-state index contributed by atoms with van der Waals surface area (Å²) in [5.41, 5.74) is 0.964. The zero-order valence-electron chi connectivity index (χ0n) is 17.0. The molecule has 0 radical (unpaired) electrons. The maximum absolute atomic E-state index is 11.1. The van der Waals surface area contributed by atoms with Gasteiger partial charge in [-0.15, -0.1) is 0 Å². The first kappa shape index (κ1) is 22.6. The zero-order valence-corrected chi connectivity index (χ0v) is 17.8. The highest BCUT2D eigenvalue weighted by molar-refractivity contribution is 8.30. The molecule has 0 spiro atoms. The highest BCUT2D eigenvalue weighted by Crippen LogP contribution is 2.54. The fraction of sp³-hybridized carbons (Fsp3) is 0.571. The fourth-order valence-corrected chi connectivity index (χ4v) is 2.93. The second-order valence-corrected chi connectivity index (χ2v) is 11.6. The van der Waals surface area contributed by atoms with Gasteiger partial charge in [-0.25, -0.2) is 0 Å². The van der Waals surface area contributed by atoms with Gasteiger partial charge in [0.25, 0.3) is 0 Å². The number of hydrogen-bond acceptors (Lipinski definition) is 4. The smallest absolute Gasteiger partial charge is 0.305 e. The highest BCUT2D eigenvalue weighted by atomic mass is 32.3. The predicted molar refractivity (Wildman–Crippen MR) is 112 cm³/mol. The van der Waals surface area contributed by atoms with E-state index in [0.717, 1.165) is 24.2 Å². The Bertz CT molecular complexity index is 602. The minimum Gasteiger partial charge on any atom is -0.469 e. The highest BCUT2D eigenvalue weighted by Gasteiger charge is 2.30. The molecule has 0 aliphatic rings. The molecule has 0 bridgehead atoms. The second kappa shape index (κ2) is 10.0. The van der Waals surface area contributed by atoms with Crippen LogP contribution in [-0.2, 0) is 9.53 Å². The van der Waals surface area contributed by atoms with Crippen LogP contribution in [0, 0.1) is 0 Å². The molecule has 0 heterocycles. The Labute approximate surface area is 160 Å². The summed E-state index contributed by atoms with van der Waals surface area (Å²) in [6.45, 7) is 6.58. The molecule has 0 aromatic heterocycles. The van der Waals surface area contributed by atoms with Crippen LogP contribution < -0.4 is 4.18 Å². The summed E-state index contributed by atoms with van der Waals surface area (Å²) < 4.78 is 11.1. The number of carbonyl (C=O) groups is 1. The topological polar surface area (TPSA) is 55.8 Å². The van der Waals surface area contributed by atoms with Crippen LogP contribution in [-0.4, -0.2) is 41.5 Å². The van der Waals surface area contributed by atoms with Gasteiger partial charge >= 0.3 is 5.97 Å². The van der Waals surface area contributed by atoms with E-state index in [2.05, 4.69) is 38.0 Å². The number of ether oxygens (including phenoxy) is 1. The average Bonchev–Trinajstić information content (AvgIpc) is 2.56. The first-order chi connectivity index (χ1) is 12.1. The lowest BCUT2D eigenvalue weighted by Crippen LogP contribution is -2.27. The first-order valence-electron chi connectivity index (χ1n) is 9.01. The summed E-state index contributed by atoms with van der Waals surface area (Å²) in [6, 6.07) is 7.90. The molecular weight excluding hydrogens is 348 g/mol. The lowest BCUT2D eigenvalue weighted by molar-refractivity contribution is -0.140. The summed E-state index contributed by atoms with van der Waals surface area (Å²) in [4.78, 5) is 11.1. The normalized spacial score (nSPS) is 14.3. The van der Waals surface area contributed by atoms with Gasteiger partial charge in [0.2, 0.25) is 0 Å². The van der Waals surface area contributed by atoms with Crippen LogP contribution in [0.1, 0.15) is 52.0 Å². The molecule has 1 aromatic rings. The quantitative estimate of drug-likeness (QED) is 0.485. The molecule has 5 heteroatoms. The fourth-order valence-electron chi connectivity index (χ4n) is 2.08. The molecule has 0 saturated heterocycles. The SMILES string of the molecule is COC(=O)CCCCC(O)/C=C/c1ccccc1OS(C)(C)C(C)(C)C. The Morgan fingerprint density at radius 2 is 1.88 bits per heavy atom. The third kappa shape index (κ3) is 7.42. The second-order valence-electron chi connectivity index (χ2n) is 7.72. The van der Waals surface area contributed by atoms with E-state index in [1.54, 1.807) is 6.08 Å². The summed E-state index contributed by atoms with van der Waals surface area (Å²) in [6.07, 6.45) is 10.0. The molecular formula is C21H34O4S. The number of methoxy groups -OCH3 is 1. The predicted octanol–water partition coefficient (Wildman–Crippen LogP) is 4.95. The van der Waals surface area contributed by atoms with Gasteiger partial charge < -0.3 is 14.0 Å². The molecule has 26 heavy (non-hydrogen) atoms. The van der Waals surface area contributed by atoms with Crippen LogP contribution in [0.25, 0.3) is 6.08 Å². The first-order valence-corrected chi connectivity index (χ1v) is 11.4. The number of unbranched alkanes of at least 4 members (excludes halogenated alkanes) is 1. The largest absolute Gasteiger partial charge is 0.469 e. The number of aliphatic hydroxyl groups excluding tert-OH is 1.